The fourth-order valence-corrected chi connectivity index (χ4v) is 1.57. The Hall–Kier alpha value is -1.80. The van der Waals surface area contributed by atoms with E-state index in [1.54, 1.807) is 11.0 Å². The summed E-state index contributed by atoms with van der Waals surface area (Å²) >= 11 is 0. The third kappa shape index (κ3) is 3.93. The van der Waals surface area contributed by atoms with E-state index in [0.717, 1.165) is 13.1 Å². The Bertz CT molecular complexity index is 348. The molecule has 0 aromatic heterocycles. The Morgan fingerprint density at radius 1 is 1.47 bits per heavy atom. The van der Waals surface area contributed by atoms with Gasteiger partial charge < -0.3 is 15.1 Å². The zero-order valence-corrected chi connectivity index (χ0v) is 10.1. The van der Waals surface area contributed by atoms with Gasteiger partial charge >= 0.3 is 0 Å². The molecule has 0 aromatic rings. The molecule has 92 valence electrons. The molecular weight excluding hydrogens is 216 g/mol. The van der Waals surface area contributed by atoms with Gasteiger partial charge in [0.05, 0.1) is 0 Å². The van der Waals surface area contributed by atoms with Gasteiger partial charge in [0, 0.05) is 38.9 Å². The normalized spacial score (nSPS) is 17.4. The number of piperazine rings is 1. The zero-order chi connectivity index (χ0) is 12.7. The maximum atomic E-state index is 12.0. The summed E-state index contributed by atoms with van der Waals surface area (Å²) in [6.45, 7) is 7.15. The van der Waals surface area contributed by atoms with Crippen LogP contribution in [-0.2, 0) is 4.79 Å². The summed E-state index contributed by atoms with van der Waals surface area (Å²) in [4.78, 5) is 15.9. The molecule has 1 amide bonds. The minimum Gasteiger partial charge on any atom is -0.386 e. The number of nitrogens with zero attached hydrogens (tertiary/aromatic N) is 3. The van der Waals surface area contributed by atoms with E-state index in [2.05, 4.69) is 16.8 Å². The van der Waals surface area contributed by atoms with Gasteiger partial charge in [-0.15, -0.1) is 6.58 Å². The molecule has 0 radical (unpaired) electrons. The Kier molecular flexibility index (Phi) is 5.24. The number of rotatable bonds is 4. The standard InChI is InChI=1S/C12H18N4O/c1-3-4-14-10-11(9-13)12(17)16-7-5-15(2)6-8-16/h3,10,14H,1,4-8H2,2H3/b11-10-. The molecule has 0 spiro atoms. The summed E-state index contributed by atoms with van der Waals surface area (Å²) in [5.41, 5.74) is 0.149. The van der Waals surface area contributed by atoms with E-state index in [0.29, 0.717) is 19.6 Å². The molecule has 0 unspecified atom stereocenters. The van der Waals surface area contributed by atoms with Crippen LogP contribution in [0, 0.1) is 11.3 Å². The maximum absolute atomic E-state index is 12.0. The lowest BCUT2D eigenvalue weighted by Gasteiger charge is -2.32. The third-order valence-electron chi connectivity index (χ3n) is 2.65. The molecule has 5 heteroatoms. The molecule has 1 saturated heterocycles. The van der Waals surface area contributed by atoms with Crippen LogP contribution in [0.1, 0.15) is 0 Å². The Morgan fingerprint density at radius 2 is 2.12 bits per heavy atom. The molecule has 1 N–H and O–H groups in total. The number of nitrogens with one attached hydrogen (secondary N) is 1. The second kappa shape index (κ2) is 6.71. The van der Waals surface area contributed by atoms with Gasteiger partial charge in [0.15, 0.2) is 0 Å². The number of carbonyl (C=O) groups excluding carboxylic acids is 1. The second-order valence-electron chi connectivity index (χ2n) is 3.96. The first kappa shape index (κ1) is 13.3. The first-order valence-corrected chi connectivity index (χ1v) is 5.61. The van der Waals surface area contributed by atoms with E-state index in [1.165, 1.54) is 6.20 Å². The summed E-state index contributed by atoms with van der Waals surface area (Å²) in [6.07, 6.45) is 3.13. The first-order valence-electron chi connectivity index (χ1n) is 5.61. The predicted octanol–water partition coefficient (Wildman–Crippen LogP) is -0.0565. The Balaban J connectivity index is 2.57. The van der Waals surface area contributed by atoms with E-state index in [1.807, 2.05) is 13.1 Å². The Labute approximate surface area is 102 Å². The fourth-order valence-electron chi connectivity index (χ4n) is 1.57. The number of hydrogen-bond donors (Lipinski definition) is 1. The van der Waals surface area contributed by atoms with Crippen molar-refractivity contribution in [3.8, 4) is 6.07 Å². The fraction of sp³-hybridized carbons (Fsp3) is 0.500. The van der Waals surface area contributed by atoms with Crippen LogP contribution in [0.2, 0.25) is 0 Å². The highest BCUT2D eigenvalue weighted by atomic mass is 16.2. The van der Waals surface area contributed by atoms with Crippen LogP contribution >= 0.6 is 0 Å². The SMILES string of the molecule is C=CCN/C=C(/C#N)C(=O)N1CCN(C)CC1. The molecule has 1 aliphatic heterocycles. The molecule has 17 heavy (non-hydrogen) atoms. The highest BCUT2D eigenvalue weighted by molar-refractivity contribution is 5.97. The molecule has 0 bridgehead atoms. The molecule has 5 nitrogen and oxygen atoms in total. The van der Waals surface area contributed by atoms with E-state index in [4.69, 9.17) is 5.26 Å². The molecule has 0 aliphatic carbocycles. The van der Waals surface area contributed by atoms with Crippen molar-refractivity contribution in [2.24, 2.45) is 0 Å². The second-order valence-corrected chi connectivity index (χ2v) is 3.96. The van der Waals surface area contributed by atoms with Gasteiger partial charge in [-0.2, -0.15) is 5.26 Å². The summed E-state index contributed by atoms with van der Waals surface area (Å²) in [5.74, 6) is -0.197. The van der Waals surface area contributed by atoms with E-state index in [-0.39, 0.29) is 11.5 Å². The molecule has 0 aromatic carbocycles. The predicted molar refractivity (Wildman–Crippen MR) is 66.0 cm³/mol. The van der Waals surface area contributed by atoms with Crippen LogP contribution in [0.5, 0.6) is 0 Å². The number of amides is 1. The van der Waals surface area contributed by atoms with E-state index in [9.17, 15) is 4.79 Å². The van der Waals surface area contributed by atoms with Gasteiger partial charge in [-0.3, -0.25) is 4.79 Å². The Morgan fingerprint density at radius 3 is 2.65 bits per heavy atom. The minimum atomic E-state index is -0.197. The lowest BCUT2D eigenvalue weighted by Crippen LogP contribution is -2.47. The number of hydrogen-bond acceptors (Lipinski definition) is 4. The number of likely N-dealkylation sites (N-methyl/N-ethyl adjacent to an activating group) is 1. The van der Waals surface area contributed by atoms with Crippen LogP contribution in [0.15, 0.2) is 24.4 Å². The third-order valence-corrected chi connectivity index (χ3v) is 2.65. The van der Waals surface area contributed by atoms with Crippen LogP contribution < -0.4 is 5.32 Å². The van der Waals surface area contributed by atoms with Crippen molar-refractivity contribution in [1.29, 1.82) is 5.26 Å². The highest BCUT2D eigenvalue weighted by Gasteiger charge is 2.21. The van der Waals surface area contributed by atoms with Crippen molar-refractivity contribution in [3.63, 3.8) is 0 Å². The maximum Gasteiger partial charge on any atom is 0.266 e. The smallest absolute Gasteiger partial charge is 0.266 e. The molecule has 1 aliphatic rings. The van der Waals surface area contributed by atoms with E-state index < -0.39 is 0 Å². The van der Waals surface area contributed by atoms with Crippen molar-refractivity contribution < 1.29 is 4.79 Å². The van der Waals surface area contributed by atoms with Gasteiger partial charge in [0.1, 0.15) is 11.6 Å². The van der Waals surface area contributed by atoms with Crippen LogP contribution in [0.3, 0.4) is 0 Å². The lowest BCUT2D eigenvalue weighted by molar-refractivity contribution is -0.128. The van der Waals surface area contributed by atoms with E-state index >= 15 is 0 Å². The number of carbonyl (C=O) groups is 1. The van der Waals surface area contributed by atoms with Gasteiger partial charge in [-0.05, 0) is 7.05 Å². The van der Waals surface area contributed by atoms with Crippen LogP contribution in [0.4, 0.5) is 0 Å². The summed E-state index contributed by atoms with van der Waals surface area (Å²) in [7, 11) is 2.02. The van der Waals surface area contributed by atoms with Crippen molar-refractivity contribution in [2.75, 3.05) is 39.8 Å². The molecule has 1 heterocycles. The molecule has 0 saturated carbocycles. The average Bonchev–Trinajstić information content (AvgIpc) is 2.35. The number of nitriles is 1. The first-order chi connectivity index (χ1) is 8.19. The minimum absolute atomic E-state index is 0.149. The molecule has 0 atom stereocenters. The van der Waals surface area contributed by atoms with Crippen molar-refractivity contribution in [2.45, 2.75) is 0 Å². The van der Waals surface area contributed by atoms with Gasteiger partial charge in [0.2, 0.25) is 0 Å². The molecule has 1 rings (SSSR count). The van der Waals surface area contributed by atoms with Crippen molar-refractivity contribution >= 4 is 5.91 Å². The van der Waals surface area contributed by atoms with Crippen molar-refractivity contribution in [1.82, 2.24) is 15.1 Å². The molecular formula is C12H18N4O. The van der Waals surface area contributed by atoms with Gasteiger partial charge in [0.25, 0.3) is 5.91 Å². The zero-order valence-electron chi connectivity index (χ0n) is 10.1. The topological polar surface area (TPSA) is 59.4 Å². The summed E-state index contributed by atoms with van der Waals surface area (Å²) in [5, 5.41) is 11.8. The summed E-state index contributed by atoms with van der Waals surface area (Å²) < 4.78 is 0. The lowest BCUT2D eigenvalue weighted by atomic mass is 10.2. The quantitative estimate of drug-likeness (QED) is 0.320. The van der Waals surface area contributed by atoms with Gasteiger partial charge in [-0.25, -0.2) is 0 Å². The summed E-state index contributed by atoms with van der Waals surface area (Å²) in [6, 6.07) is 1.93. The monoisotopic (exact) mass is 234 g/mol. The van der Waals surface area contributed by atoms with Crippen molar-refractivity contribution in [3.05, 3.63) is 24.4 Å². The van der Waals surface area contributed by atoms with Crippen LogP contribution in [-0.4, -0.2) is 55.5 Å². The largest absolute Gasteiger partial charge is 0.386 e. The van der Waals surface area contributed by atoms with Gasteiger partial charge in [-0.1, -0.05) is 6.08 Å². The average molecular weight is 234 g/mol. The van der Waals surface area contributed by atoms with Crippen LogP contribution in [0.25, 0.3) is 0 Å². The highest BCUT2D eigenvalue weighted by Crippen LogP contribution is 2.05. The molecule has 1 fully saturated rings.